The van der Waals surface area contributed by atoms with Crippen LogP contribution >= 0.6 is 0 Å². The summed E-state index contributed by atoms with van der Waals surface area (Å²) in [5, 5.41) is 0. The summed E-state index contributed by atoms with van der Waals surface area (Å²) >= 11 is 0. The maximum atomic E-state index is 5.83. The third-order valence-corrected chi connectivity index (χ3v) is 3.95. The highest BCUT2D eigenvalue weighted by molar-refractivity contribution is 5.32. The summed E-state index contributed by atoms with van der Waals surface area (Å²) in [5.41, 5.74) is 2.57. The maximum Gasteiger partial charge on any atom is 0.119 e. The zero-order valence-electron chi connectivity index (χ0n) is 12.5. The summed E-state index contributed by atoms with van der Waals surface area (Å²) in [5.74, 6) is 1.03. The summed E-state index contributed by atoms with van der Waals surface area (Å²) in [4.78, 5) is 1.82. The largest absolute Gasteiger partial charge is 0.494 e. The Morgan fingerprint density at radius 3 is 2.32 bits per heavy atom. The lowest BCUT2D eigenvalue weighted by atomic mass is 10.1. The van der Waals surface area contributed by atoms with Gasteiger partial charge < -0.3 is 9.64 Å². The summed E-state index contributed by atoms with van der Waals surface area (Å²) in [7, 11) is 0. The molecule has 1 aromatic carbocycles. The van der Waals surface area contributed by atoms with Gasteiger partial charge in [-0.2, -0.15) is 0 Å². The third kappa shape index (κ3) is 5.23. The molecule has 0 aromatic heterocycles. The molecule has 0 spiro atoms. The van der Waals surface area contributed by atoms with Gasteiger partial charge in [-0.25, -0.2) is 0 Å². The van der Waals surface area contributed by atoms with Gasteiger partial charge in [-0.05, 0) is 56.4 Å². The Morgan fingerprint density at radius 1 is 0.947 bits per heavy atom. The van der Waals surface area contributed by atoms with Crippen molar-refractivity contribution in [3.8, 4) is 5.75 Å². The molecule has 1 aliphatic heterocycles. The van der Waals surface area contributed by atoms with Crippen molar-refractivity contribution >= 4 is 0 Å². The molecule has 1 N–H and O–H groups in total. The second-order valence-corrected chi connectivity index (χ2v) is 5.94. The van der Waals surface area contributed by atoms with Gasteiger partial charge in [0.05, 0.1) is 26.2 Å². The van der Waals surface area contributed by atoms with E-state index in [2.05, 4.69) is 32.0 Å². The average molecular weight is 262 g/mol. The standard InChI is InChI=1S/C17H27NO/c1-15-12-16(2)14-17(13-15)19-11-7-3-4-8-18-9-5-6-10-18/h12-14H,3-11H2,1-2H3/p+1. The summed E-state index contributed by atoms with van der Waals surface area (Å²) in [6.45, 7) is 9.28. The lowest BCUT2D eigenvalue weighted by molar-refractivity contribution is -0.887. The molecular formula is C17H28NO+. The van der Waals surface area contributed by atoms with Crippen LogP contribution in [0, 0.1) is 13.8 Å². The molecule has 0 atom stereocenters. The molecular weight excluding hydrogens is 234 g/mol. The Bertz CT molecular complexity index is 363. The van der Waals surface area contributed by atoms with Gasteiger partial charge in [0.15, 0.2) is 0 Å². The van der Waals surface area contributed by atoms with Gasteiger partial charge in [0.2, 0.25) is 0 Å². The van der Waals surface area contributed by atoms with E-state index in [9.17, 15) is 0 Å². The van der Waals surface area contributed by atoms with Crippen molar-refractivity contribution in [2.45, 2.75) is 46.0 Å². The monoisotopic (exact) mass is 262 g/mol. The number of aryl methyl sites for hydroxylation is 2. The summed E-state index contributed by atoms with van der Waals surface area (Å²) in [6, 6.07) is 6.44. The normalized spacial score (nSPS) is 15.9. The first kappa shape index (κ1) is 14.4. The van der Waals surface area contributed by atoms with Gasteiger partial charge in [0, 0.05) is 12.8 Å². The number of unbranched alkanes of at least 4 members (excludes halogenated alkanes) is 2. The van der Waals surface area contributed by atoms with Crippen LogP contribution in [0.15, 0.2) is 18.2 Å². The summed E-state index contributed by atoms with van der Waals surface area (Å²) in [6.07, 6.45) is 6.70. The number of likely N-dealkylation sites (tertiary alicyclic amines) is 1. The van der Waals surface area contributed by atoms with Crippen LogP contribution in [-0.4, -0.2) is 26.2 Å². The van der Waals surface area contributed by atoms with Gasteiger partial charge in [0.25, 0.3) is 0 Å². The predicted molar refractivity (Wildman–Crippen MR) is 80.1 cm³/mol. The lowest BCUT2D eigenvalue weighted by Gasteiger charge is -2.12. The molecule has 0 saturated carbocycles. The number of hydrogen-bond donors (Lipinski definition) is 1. The third-order valence-electron chi connectivity index (χ3n) is 3.95. The van der Waals surface area contributed by atoms with Crippen molar-refractivity contribution in [3.05, 3.63) is 29.3 Å². The van der Waals surface area contributed by atoms with Crippen LogP contribution in [0.2, 0.25) is 0 Å². The van der Waals surface area contributed by atoms with E-state index in [0.29, 0.717) is 0 Å². The van der Waals surface area contributed by atoms with E-state index in [0.717, 1.165) is 12.4 Å². The molecule has 0 bridgehead atoms. The zero-order chi connectivity index (χ0) is 13.5. The molecule has 2 rings (SSSR count). The van der Waals surface area contributed by atoms with Crippen LogP contribution < -0.4 is 9.64 Å². The van der Waals surface area contributed by atoms with Crippen molar-refractivity contribution in [2.24, 2.45) is 0 Å². The van der Waals surface area contributed by atoms with Gasteiger partial charge in [-0.3, -0.25) is 0 Å². The Morgan fingerprint density at radius 2 is 1.63 bits per heavy atom. The highest BCUT2D eigenvalue weighted by Crippen LogP contribution is 2.16. The minimum absolute atomic E-state index is 0.859. The molecule has 1 fully saturated rings. The summed E-state index contributed by atoms with van der Waals surface area (Å²) < 4.78 is 5.83. The SMILES string of the molecule is Cc1cc(C)cc(OCCCCC[NH+]2CCCC2)c1. The van der Waals surface area contributed by atoms with Gasteiger partial charge >= 0.3 is 0 Å². The molecule has 106 valence electrons. The van der Waals surface area contributed by atoms with Crippen LogP contribution in [0.4, 0.5) is 0 Å². The van der Waals surface area contributed by atoms with E-state index in [-0.39, 0.29) is 0 Å². The van der Waals surface area contributed by atoms with Crippen molar-refractivity contribution in [1.82, 2.24) is 0 Å². The molecule has 2 heteroatoms. The Balaban J connectivity index is 1.56. The van der Waals surface area contributed by atoms with Crippen LogP contribution in [0.25, 0.3) is 0 Å². The van der Waals surface area contributed by atoms with Crippen LogP contribution in [0.3, 0.4) is 0 Å². The number of quaternary nitrogens is 1. The Hall–Kier alpha value is -1.02. The van der Waals surface area contributed by atoms with Gasteiger partial charge in [-0.15, -0.1) is 0 Å². The van der Waals surface area contributed by atoms with Crippen molar-refractivity contribution in [1.29, 1.82) is 0 Å². The minimum Gasteiger partial charge on any atom is -0.494 e. The molecule has 1 heterocycles. The molecule has 19 heavy (non-hydrogen) atoms. The van der Waals surface area contributed by atoms with E-state index in [1.807, 2.05) is 4.90 Å². The number of rotatable bonds is 7. The lowest BCUT2D eigenvalue weighted by Crippen LogP contribution is -3.09. The van der Waals surface area contributed by atoms with Crippen molar-refractivity contribution < 1.29 is 9.64 Å². The van der Waals surface area contributed by atoms with E-state index in [1.54, 1.807) is 0 Å². The molecule has 0 unspecified atom stereocenters. The fourth-order valence-corrected chi connectivity index (χ4v) is 2.99. The topological polar surface area (TPSA) is 13.7 Å². The van der Waals surface area contributed by atoms with Crippen molar-refractivity contribution in [3.63, 3.8) is 0 Å². The van der Waals surface area contributed by atoms with Gasteiger partial charge in [-0.1, -0.05) is 6.07 Å². The first-order valence-electron chi connectivity index (χ1n) is 7.79. The number of nitrogens with one attached hydrogen (secondary N) is 1. The van der Waals surface area contributed by atoms with E-state index >= 15 is 0 Å². The van der Waals surface area contributed by atoms with Crippen LogP contribution in [0.1, 0.15) is 43.2 Å². The Labute approximate surface area is 117 Å². The predicted octanol–water partition coefficient (Wildman–Crippen LogP) is 2.53. The highest BCUT2D eigenvalue weighted by Gasteiger charge is 2.13. The van der Waals surface area contributed by atoms with E-state index in [1.165, 1.54) is 62.9 Å². The van der Waals surface area contributed by atoms with Crippen molar-refractivity contribution in [2.75, 3.05) is 26.2 Å². The number of hydrogen-bond acceptors (Lipinski definition) is 1. The zero-order valence-corrected chi connectivity index (χ0v) is 12.5. The molecule has 1 aromatic rings. The first-order valence-corrected chi connectivity index (χ1v) is 7.79. The fraction of sp³-hybridized carbons (Fsp3) is 0.647. The molecule has 0 radical (unpaired) electrons. The molecule has 1 saturated heterocycles. The van der Waals surface area contributed by atoms with E-state index < -0.39 is 0 Å². The van der Waals surface area contributed by atoms with Gasteiger partial charge in [0.1, 0.15) is 5.75 Å². The molecule has 0 amide bonds. The second kappa shape index (κ2) is 7.54. The highest BCUT2D eigenvalue weighted by atomic mass is 16.5. The Kier molecular flexibility index (Phi) is 5.71. The number of benzene rings is 1. The quantitative estimate of drug-likeness (QED) is 0.746. The second-order valence-electron chi connectivity index (χ2n) is 5.94. The fourth-order valence-electron chi connectivity index (χ4n) is 2.99. The first-order chi connectivity index (χ1) is 9.24. The molecule has 1 aliphatic rings. The number of ether oxygens (including phenoxy) is 1. The molecule has 2 nitrogen and oxygen atoms in total. The van der Waals surface area contributed by atoms with Crippen LogP contribution in [0.5, 0.6) is 5.75 Å². The minimum atomic E-state index is 0.859. The van der Waals surface area contributed by atoms with E-state index in [4.69, 9.17) is 4.74 Å². The smallest absolute Gasteiger partial charge is 0.119 e. The van der Waals surface area contributed by atoms with Crippen LogP contribution in [-0.2, 0) is 0 Å². The maximum absolute atomic E-state index is 5.83. The average Bonchev–Trinajstić information content (AvgIpc) is 2.85. The molecule has 0 aliphatic carbocycles.